The maximum absolute atomic E-state index is 6.03. The van der Waals surface area contributed by atoms with Gasteiger partial charge in [0.1, 0.15) is 11.5 Å². The summed E-state index contributed by atoms with van der Waals surface area (Å²) in [4.78, 5) is 0. The highest BCUT2D eigenvalue weighted by molar-refractivity contribution is 5.58. The van der Waals surface area contributed by atoms with E-state index in [2.05, 4.69) is 43.3 Å². The van der Waals surface area contributed by atoms with E-state index in [9.17, 15) is 0 Å². The van der Waals surface area contributed by atoms with Crippen LogP contribution in [-0.2, 0) is 5.41 Å². The lowest BCUT2D eigenvalue weighted by atomic mass is 9.67. The Bertz CT molecular complexity index is 529. The lowest BCUT2D eigenvalue weighted by Crippen LogP contribution is -2.41. The van der Waals surface area contributed by atoms with Gasteiger partial charge >= 0.3 is 0 Å². The third-order valence-corrected chi connectivity index (χ3v) is 4.17. The van der Waals surface area contributed by atoms with Crippen LogP contribution in [0.2, 0.25) is 0 Å². The zero-order chi connectivity index (χ0) is 12.6. The fourth-order valence-electron chi connectivity index (χ4n) is 2.65. The van der Waals surface area contributed by atoms with Crippen molar-refractivity contribution in [1.82, 2.24) is 0 Å². The Labute approximate surface area is 108 Å². The van der Waals surface area contributed by atoms with Gasteiger partial charge in [0, 0.05) is 17.5 Å². The van der Waals surface area contributed by atoms with Crippen LogP contribution >= 0.6 is 0 Å². The zero-order valence-electron chi connectivity index (χ0n) is 10.8. The molecule has 3 rings (SSSR count). The topological polar surface area (TPSA) is 39.2 Å². The van der Waals surface area contributed by atoms with Crippen molar-refractivity contribution in [2.45, 2.75) is 31.6 Å². The molecule has 1 aliphatic carbocycles. The van der Waals surface area contributed by atoms with Crippen LogP contribution in [0.4, 0.5) is 0 Å². The molecule has 1 saturated carbocycles. The monoisotopic (exact) mass is 241 g/mol. The van der Waals surface area contributed by atoms with Crippen molar-refractivity contribution in [2.75, 3.05) is 6.54 Å². The molecule has 0 unspecified atom stereocenters. The summed E-state index contributed by atoms with van der Waals surface area (Å²) in [6.07, 6.45) is 3.58. The summed E-state index contributed by atoms with van der Waals surface area (Å²) in [5.74, 6) is 2.01. The Morgan fingerprint density at radius 1 is 1.11 bits per heavy atom. The van der Waals surface area contributed by atoms with E-state index in [1.165, 1.54) is 12.0 Å². The van der Waals surface area contributed by atoms with Gasteiger partial charge in [-0.2, -0.15) is 0 Å². The maximum Gasteiger partial charge on any atom is 0.134 e. The molecule has 18 heavy (non-hydrogen) atoms. The fraction of sp³-hybridized carbons (Fsp3) is 0.375. The Kier molecular flexibility index (Phi) is 2.75. The second kappa shape index (κ2) is 4.29. The van der Waals surface area contributed by atoms with Crippen LogP contribution < -0.4 is 5.73 Å². The van der Waals surface area contributed by atoms with E-state index in [-0.39, 0.29) is 5.41 Å². The van der Waals surface area contributed by atoms with Gasteiger partial charge in [0.15, 0.2) is 0 Å². The van der Waals surface area contributed by atoms with E-state index in [0.717, 1.165) is 29.9 Å². The molecule has 0 bridgehead atoms. The number of benzene rings is 1. The van der Waals surface area contributed by atoms with Crippen molar-refractivity contribution < 1.29 is 4.42 Å². The Morgan fingerprint density at radius 3 is 2.39 bits per heavy atom. The van der Waals surface area contributed by atoms with E-state index in [1.807, 2.05) is 0 Å². The number of nitrogens with two attached hydrogens (primary N) is 1. The molecule has 2 nitrogen and oxygen atoms in total. The molecule has 0 amide bonds. The Balaban J connectivity index is 1.91. The van der Waals surface area contributed by atoms with Crippen molar-refractivity contribution in [2.24, 2.45) is 5.73 Å². The lowest BCUT2D eigenvalue weighted by molar-refractivity contribution is 0.210. The minimum absolute atomic E-state index is 0.114. The van der Waals surface area contributed by atoms with Gasteiger partial charge < -0.3 is 10.2 Å². The van der Waals surface area contributed by atoms with Crippen LogP contribution in [0.15, 0.2) is 40.8 Å². The second-order valence-corrected chi connectivity index (χ2v) is 5.37. The standard InChI is InChI=1S/C16H19NO/c1-12-3-5-13(6-4-12)14-7-8-15(18-14)16(11-17)9-2-10-16/h3-8H,2,9-11,17H2,1H3. The molecule has 1 aromatic carbocycles. The summed E-state index contributed by atoms with van der Waals surface area (Å²) < 4.78 is 6.03. The molecule has 1 aliphatic rings. The van der Waals surface area contributed by atoms with E-state index in [0.29, 0.717) is 6.54 Å². The van der Waals surface area contributed by atoms with Crippen LogP contribution in [0.5, 0.6) is 0 Å². The average molecular weight is 241 g/mol. The molecule has 1 aromatic heterocycles. The molecule has 0 atom stereocenters. The van der Waals surface area contributed by atoms with Crippen LogP contribution in [0.3, 0.4) is 0 Å². The van der Waals surface area contributed by atoms with Crippen molar-refractivity contribution in [3.63, 3.8) is 0 Å². The molecule has 2 heteroatoms. The van der Waals surface area contributed by atoms with Gasteiger partial charge in [-0.25, -0.2) is 0 Å². The highest BCUT2D eigenvalue weighted by Crippen LogP contribution is 2.44. The highest BCUT2D eigenvalue weighted by Gasteiger charge is 2.40. The van der Waals surface area contributed by atoms with Crippen LogP contribution in [0, 0.1) is 6.92 Å². The Morgan fingerprint density at radius 2 is 1.83 bits per heavy atom. The molecule has 2 N–H and O–H groups in total. The molecule has 1 fully saturated rings. The smallest absolute Gasteiger partial charge is 0.134 e. The third-order valence-electron chi connectivity index (χ3n) is 4.17. The van der Waals surface area contributed by atoms with E-state index in [4.69, 9.17) is 10.2 Å². The minimum Gasteiger partial charge on any atom is -0.460 e. The molecule has 0 spiro atoms. The molecule has 1 heterocycles. The average Bonchev–Trinajstić information content (AvgIpc) is 2.79. The molecule has 0 aliphatic heterocycles. The predicted molar refractivity (Wildman–Crippen MR) is 73.5 cm³/mol. The van der Waals surface area contributed by atoms with Crippen molar-refractivity contribution in [3.8, 4) is 11.3 Å². The lowest BCUT2D eigenvalue weighted by Gasteiger charge is -2.38. The zero-order valence-corrected chi connectivity index (χ0v) is 10.8. The van der Waals surface area contributed by atoms with Crippen LogP contribution in [0.25, 0.3) is 11.3 Å². The molecule has 2 aromatic rings. The number of aryl methyl sites for hydroxylation is 1. The first kappa shape index (κ1) is 11.5. The summed E-state index contributed by atoms with van der Waals surface area (Å²) >= 11 is 0. The normalized spacial score (nSPS) is 17.4. The summed E-state index contributed by atoms with van der Waals surface area (Å²) in [5, 5.41) is 0. The molecular weight excluding hydrogens is 222 g/mol. The van der Waals surface area contributed by atoms with E-state index < -0.39 is 0 Å². The third kappa shape index (κ3) is 1.77. The van der Waals surface area contributed by atoms with Gasteiger partial charge in [0.25, 0.3) is 0 Å². The number of rotatable bonds is 3. The number of hydrogen-bond donors (Lipinski definition) is 1. The van der Waals surface area contributed by atoms with Crippen LogP contribution in [0.1, 0.15) is 30.6 Å². The highest BCUT2D eigenvalue weighted by atomic mass is 16.3. The maximum atomic E-state index is 6.03. The van der Waals surface area contributed by atoms with E-state index in [1.54, 1.807) is 0 Å². The first-order valence-electron chi connectivity index (χ1n) is 6.61. The number of furan rings is 1. The van der Waals surface area contributed by atoms with Gasteiger partial charge in [-0.3, -0.25) is 0 Å². The van der Waals surface area contributed by atoms with Crippen molar-refractivity contribution >= 4 is 0 Å². The van der Waals surface area contributed by atoms with Crippen molar-refractivity contribution in [1.29, 1.82) is 0 Å². The quantitative estimate of drug-likeness (QED) is 0.891. The summed E-state index contributed by atoms with van der Waals surface area (Å²) in [6, 6.07) is 12.6. The first-order chi connectivity index (χ1) is 8.73. The van der Waals surface area contributed by atoms with Gasteiger partial charge in [0.2, 0.25) is 0 Å². The second-order valence-electron chi connectivity index (χ2n) is 5.37. The van der Waals surface area contributed by atoms with Gasteiger partial charge in [-0.1, -0.05) is 36.2 Å². The van der Waals surface area contributed by atoms with E-state index >= 15 is 0 Å². The molecule has 0 radical (unpaired) electrons. The largest absolute Gasteiger partial charge is 0.460 e. The SMILES string of the molecule is Cc1ccc(-c2ccc(C3(CN)CCC3)o2)cc1. The van der Waals surface area contributed by atoms with Crippen molar-refractivity contribution in [3.05, 3.63) is 47.7 Å². The molecule has 0 saturated heterocycles. The summed E-state index contributed by atoms with van der Waals surface area (Å²) in [7, 11) is 0. The summed E-state index contributed by atoms with van der Waals surface area (Å²) in [6.45, 7) is 2.78. The van der Waals surface area contributed by atoms with Gasteiger partial charge in [0.05, 0.1) is 0 Å². The summed E-state index contributed by atoms with van der Waals surface area (Å²) in [5.41, 5.74) is 8.43. The number of hydrogen-bond acceptors (Lipinski definition) is 2. The van der Waals surface area contributed by atoms with Gasteiger partial charge in [-0.05, 0) is 31.9 Å². The molecular formula is C16H19NO. The first-order valence-corrected chi connectivity index (χ1v) is 6.61. The van der Waals surface area contributed by atoms with Gasteiger partial charge in [-0.15, -0.1) is 0 Å². The van der Waals surface area contributed by atoms with Crippen LogP contribution in [-0.4, -0.2) is 6.54 Å². The predicted octanol–water partition coefficient (Wildman–Crippen LogP) is 3.64. The minimum atomic E-state index is 0.114. The Hall–Kier alpha value is -1.54. The fourth-order valence-corrected chi connectivity index (χ4v) is 2.65. The molecule has 94 valence electrons.